The van der Waals surface area contributed by atoms with Gasteiger partial charge in [0, 0.05) is 5.92 Å². The van der Waals surface area contributed by atoms with Gasteiger partial charge in [-0.3, -0.25) is 4.79 Å². The average Bonchev–Trinajstić information content (AvgIpc) is 2.78. The number of aliphatic carboxylic acids is 1. The Labute approximate surface area is 99.2 Å². The van der Waals surface area contributed by atoms with E-state index in [-0.39, 0.29) is 11.7 Å². The van der Waals surface area contributed by atoms with Gasteiger partial charge >= 0.3 is 5.97 Å². The highest BCUT2D eigenvalue weighted by Gasteiger charge is 2.35. The smallest absolute Gasteiger partial charge is 0.307 e. The zero-order valence-corrected chi connectivity index (χ0v) is 9.65. The van der Waals surface area contributed by atoms with E-state index in [2.05, 4.69) is 0 Å². The number of methoxy groups -OCH3 is 1. The van der Waals surface area contributed by atoms with E-state index in [0.29, 0.717) is 12.0 Å². The quantitative estimate of drug-likeness (QED) is 0.880. The molecule has 0 aromatic heterocycles. The Morgan fingerprint density at radius 2 is 2.24 bits per heavy atom. The van der Waals surface area contributed by atoms with Gasteiger partial charge in [-0.15, -0.1) is 0 Å². The van der Waals surface area contributed by atoms with Crippen LogP contribution in [0.15, 0.2) is 18.2 Å². The second-order valence-electron chi connectivity index (χ2n) is 4.35. The van der Waals surface area contributed by atoms with Crippen molar-refractivity contribution >= 4 is 5.97 Å². The Morgan fingerprint density at radius 3 is 2.88 bits per heavy atom. The Balaban J connectivity index is 2.36. The van der Waals surface area contributed by atoms with Crippen LogP contribution in [0.2, 0.25) is 0 Å². The molecule has 1 aromatic carbocycles. The maximum atomic E-state index is 14.0. The largest absolute Gasteiger partial charge is 0.494 e. The molecule has 1 aromatic rings. The summed E-state index contributed by atoms with van der Waals surface area (Å²) in [5, 5.41) is 9.11. The molecule has 17 heavy (non-hydrogen) atoms. The molecule has 3 nitrogen and oxygen atoms in total. The van der Waals surface area contributed by atoms with Gasteiger partial charge in [0.1, 0.15) is 0 Å². The van der Waals surface area contributed by atoms with Gasteiger partial charge in [0.15, 0.2) is 11.6 Å². The zero-order chi connectivity index (χ0) is 12.4. The zero-order valence-electron chi connectivity index (χ0n) is 9.65. The van der Waals surface area contributed by atoms with Crippen LogP contribution in [0.4, 0.5) is 4.39 Å². The van der Waals surface area contributed by atoms with Gasteiger partial charge in [0.05, 0.1) is 13.0 Å². The van der Waals surface area contributed by atoms with Crippen LogP contribution in [0.1, 0.15) is 30.7 Å². The third kappa shape index (κ3) is 2.12. The highest BCUT2D eigenvalue weighted by molar-refractivity contribution is 5.72. The number of ether oxygens (including phenoxy) is 1. The molecule has 1 aliphatic carbocycles. The molecule has 0 spiro atoms. The Morgan fingerprint density at radius 1 is 1.47 bits per heavy atom. The lowest BCUT2D eigenvalue weighted by molar-refractivity contribution is -0.142. The van der Waals surface area contributed by atoms with Gasteiger partial charge in [-0.1, -0.05) is 18.6 Å². The summed E-state index contributed by atoms with van der Waals surface area (Å²) in [6.07, 6.45) is 2.18. The number of benzene rings is 1. The molecule has 0 radical (unpaired) electrons. The molecular weight excluding hydrogens is 223 g/mol. The van der Waals surface area contributed by atoms with Crippen LogP contribution in [0.3, 0.4) is 0 Å². The summed E-state index contributed by atoms with van der Waals surface area (Å²) in [7, 11) is 1.41. The van der Waals surface area contributed by atoms with Gasteiger partial charge in [-0.05, 0) is 24.5 Å². The van der Waals surface area contributed by atoms with Crippen molar-refractivity contribution in [3.8, 4) is 5.75 Å². The lowest BCUT2D eigenvalue weighted by Gasteiger charge is -2.17. The third-order valence-electron chi connectivity index (χ3n) is 3.45. The van der Waals surface area contributed by atoms with Crippen LogP contribution in [0.25, 0.3) is 0 Å². The summed E-state index contributed by atoms with van der Waals surface area (Å²) < 4.78 is 19.0. The highest BCUT2D eigenvalue weighted by Crippen LogP contribution is 2.42. The van der Waals surface area contributed by atoms with E-state index in [4.69, 9.17) is 9.84 Å². The molecule has 1 N–H and O–H groups in total. The van der Waals surface area contributed by atoms with Gasteiger partial charge < -0.3 is 9.84 Å². The molecule has 92 valence electrons. The standard InChI is InChI=1S/C13H15FO3/c1-17-11-7-3-5-9(12(11)14)8-4-2-6-10(8)13(15)16/h3,5,7-8,10H,2,4,6H2,1H3,(H,15,16). The molecule has 1 fully saturated rings. The number of halogens is 1. The van der Waals surface area contributed by atoms with Crippen molar-refractivity contribution in [3.05, 3.63) is 29.6 Å². The first-order valence-electron chi connectivity index (χ1n) is 5.70. The summed E-state index contributed by atoms with van der Waals surface area (Å²) in [5.74, 6) is -1.79. The minimum atomic E-state index is -0.838. The molecule has 4 heteroatoms. The lowest BCUT2D eigenvalue weighted by Crippen LogP contribution is -2.17. The van der Waals surface area contributed by atoms with Crippen LogP contribution in [0, 0.1) is 11.7 Å². The van der Waals surface area contributed by atoms with Crippen molar-refractivity contribution in [1.82, 2.24) is 0 Å². The van der Waals surface area contributed by atoms with E-state index in [1.807, 2.05) is 0 Å². The number of carbonyl (C=O) groups is 1. The summed E-state index contributed by atoms with van der Waals surface area (Å²) in [4.78, 5) is 11.1. The second-order valence-corrected chi connectivity index (χ2v) is 4.35. The highest BCUT2D eigenvalue weighted by atomic mass is 19.1. The van der Waals surface area contributed by atoms with Crippen LogP contribution < -0.4 is 4.74 Å². The Bertz CT molecular complexity index is 431. The second kappa shape index (κ2) is 4.73. The maximum Gasteiger partial charge on any atom is 0.307 e. The normalized spacial score (nSPS) is 23.6. The van der Waals surface area contributed by atoms with Crippen molar-refractivity contribution in [2.75, 3.05) is 7.11 Å². The predicted octanol–water partition coefficient (Wildman–Crippen LogP) is 2.80. The van der Waals surface area contributed by atoms with Crippen LogP contribution >= 0.6 is 0 Å². The number of carboxylic acid groups (broad SMARTS) is 1. The van der Waals surface area contributed by atoms with Gasteiger partial charge in [-0.2, -0.15) is 0 Å². The maximum absolute atomic E-state index is 14.0. The van der Waals surface area contributed by atoms with E-state index in [1.54, 1.807) is 18.2 Å². The first-order chi connectivity index (χ1) is 8.15. The van der Waals surface area contributed by atoms with Crippen molar-refractivity contribution in [2.45, 2.75) is 25.2 Å². The summed E-state index contributed by atoms with van der Waals surface area (Å²) >= 11 is 0. The molecule has 1 saturated carbocycles. The third-order valence-corrected chi connectivity index (χ3v) is 3.45. The molecular formula is C13H15FO3. The molecule has 0 bridgehead atoms. The molecule has 2 rings (SSSR count). The predicted molar refractivity (Wildman–Crippen MR) is 60.7 cm³/mol. The number of rotatable bonds is 3. The first-order valence-corrected chi connectivity index (χ1v) is 5.70. The van der Waals surface area contributed by atoms with Crippen LogP contribution in [-0.2, 0) is 4.79 Å². The molecule has 0 amide bonds. The minimum Gasteiger partial charge on any atom is -0.494 e. The van der Waals surface area contributed by atoms with Gasteiger partial charge in [0.2, 0.25) is 0 Å². The molecule has 2 unspecified atom stereocenters. The summed E-state index contributed by atoms with van der Waals surface area (Å²) in [6, 6.07) is 4.90. The van der Waals surface area contributed by atoms with Crippen molar-refractivity contribution < 1.29 is 19.0 Å². The van der Waals surface area contributed by atoms with E-state index in [0.717, 1.165) is 12.8 Å². The SMILES string of the molecule is COc1cccc(C2CCCC2C(=O)O)c1F. The molecule has 1 aliphatic rings. The van der Waals surface area contributed by atoms with Gasteiger partial charge in [-0.25, -0.2) is 4.39 Å². The van der Waals surface area contributed by atoms with Crippen LogP contribution in [0.5, 0.6) is 5.75 Å². The van der Waals surface area contributed by atoms with Crippen molar-refractivity contribution in [2.24, 2.45) is 5.92 Å². The first kappa shape index (κ1) is 11.9. The number of hydrogen-bond donors (Lipinski definition) is 1. The fourth-order valence-corrected chi connectivity index (χ4v) is 2.60. The molecule has 0 heterocycles. The average molecular weight is 238 g/mol. The molecule has 0 saturated heterocycles. The van der Waals surface area contributed by atoms with Crippen molar-refractivity contribution in [1.29, 1.82) is 0 Å². The summed E-state index contributed by atoms with van der Waals surface area (Å²) in [5.41, 5.74) is 0.467. The monoisotopic (exact) mass is 238 g/mol. The Kier molecular flexibility index (Phi) is 3.31. The van der Waals surface area contributed by atoms with Crippen molar-refractivity contribution in [3.63, 3.8) is 0 Å². The molecule has 0 aliphatic heterocycles. The minimum absolute atomic E-state index is 0.179. The summed E-state index contributed by atoms with van der Waals surface area (Å²) in [6.45, 7) is 0. The topological polar surface area (TPSA) is 46.5 Å². The number of hydrogen-bond acceptors (Lipinski definition) is 2. The van der Waals surface area contributed by atoms with E-state index >= 15 is 0 Å². The molecule has 2 atom stereocenters. The van der Waals surface area contributed by atoms with E-state index < -0.39 is 17.7 Å². The fraction of sp³-hybridized carbons (Fsp3) is 0.462. The number of carboxylic acids is 1. The van der Waals surface area contributed by atoms with Crippen LogP contribution in [-0.4, -0.2) is 18.2 Å². The van der Waals surface area contributed by atoms with E-state index in [9.17, 15) is 9.18 Å². The Hall–Kier alpha value is -1.58. The van der Waals surface area contributed by atoms with Gasteiger partial charge in [0.25, 0.3) is 0 Å². The fourth-order valence-electron chi connectivity index (χ4n) is 2.60. The van der Waals surface area contributed by atoms with E-state index in [1.165, 1.54) is 7.11 Å². The lowest BCUT2D eigenvalue weighted by atomic mass is 9.88.